The monoisotopic (exact) mass is 279 g/mol. The van der Waals surface area contributed by atoms with Crippen LogP contribution >= 0.6 is 0 Å². The van der Waals surface area contributed by atoms with Gasteiger partial charge in [0.05, 0.1) is 5.56 Å². The minimum atomic E-state index is -0.163. The molecule has 2 N–H and O–H groups in total. The predicted octanol–water partition coefficient (Wildman–Crippen LogP) is 1.60. The molecule has 1 aliphatic rings. The van der Waals surface area contributed by atoms with Gasteiger partial charge in [0.15, 0.2) is 11.5 Å². The molecule has 0 saturated carbocycles. The molecule has 1 unspecified atom stereocenters. The minimum absolute atomic E-state index is 0.145. The first-order valence-electron chi connectivity index (χ1n) is 7.04. The van der Waals surface area contributed by atoms with Gasteiger partial charge in [0.25, 0.3) is 5.91 Å². The molecule has 110 valence electrons. The number of hydrogen-bond acceptors (Lipinski definition) is 4. The van der Waals surface area contributed by atoms with E-state index in [9.17, 15) is 4.79 Å². The van der Waals surface area contributed by atoms with Gasteiger partial charge in [0.2, 0.25) is 0 Å². The minimum Gasteiger partial charge on any atom is -0.486 e. The van der Waals surface area contributed by atoms with E-state index in [4.69, 9.17) is 14.6 Å². The Morgan fingerprint density at radius 2 is 2.20 bits per heavy atom. The number of nitrogens with one attached hydrogen (secondary N) is 1. The van der Waals surface area contributed by atoms with Crippen molar-refractivity contribution < 1.29 is 19.4 Å². The molecule has 5 heteroatoms. The Bertz CT molecular complexity index is 461. The van der Waals surface area contributed by atoms with Gasteiger partial charge >= 0.3 is 0 Å². The topological polar surface area (TPSA) is 67.8 Å². The molecule has 0 radical (unpaired) electrons. The summed E-state index contributed by atoms with van der Waals surface area (Å²) in [5.41, 5.74) is 0.501. The molecule has 1 aromatic carbocycles. The highest BCUT2D eigenvalue weighted by Gasteiger charge is 2.20. The molecule has 1 atom stereocenters. The van der Waals surface area contributed by atoms with Crippen LogP contribution in [0.2, 0.25) is 0 Å². The Balaban J connectivity index is 2.02. The van der Waals surface area contributed by atoms with Crippen LogP contribution in [0.1, 0.15) is 30.1 Å². The van der Waals surface area contributed by atoms with Crippen LogP contribution in [0.4, 0.5) is 0 Å². The normalized spacial score (nSPS) is 14.7. The average molecular weight is 279 g/mol. The predicted molar refractivity (Wildman–Crippen MR) is 75.2 cm³/mol. The smallest absolute Gasteiger partial charge is 0.255 e. The number of amides is 1. The first kappa shape index (κ1) is 14.7. The number of fused-ring (bicyclic) bond motifs is 1. The molecule has 20 heavy (non-hydrogen) atoms. The van der Waals surface area contributed by atoms with Crippen molar-refractivity contribution in [3.8, 4) is 11.5 Å². The molecule has 0 fully saturated rings. The molecule has 0 bridgehead atoms. The lowest BCUT2D eigenvalue weighted by molar-refractivity contribution is 0.0932. The summed E-state index contributed by atoms with van der Waals surface area (Å²) < 4.78 is 11.0. The van der Waals surface area contributed by atoms with Crippen molar-refractivity contribution >= 4 is 5.91 Å². The summed E-state index contributed by atoms with van der Waals surface area (Å²) in [6, 6.07) is 5.31. The fourth-order valence-corrected chi connectivity index (χ4v) is 2.22. The molecular formula is C15H21NO4. The van der Waals surface area contributed by atoms with E-state index >= 15 is 0 Å². The quantitative estimate of drug-likeness (QED) is 0.830. The van der Waals surface area contributed by atoms with Gasteiger partial charge in [-0.2, -0.15) is 0 Å². The number of para-hydroxylation sites is 1. The number of hydrogen-bond donors (Lipinski definition) is 2. The number of aliphatic hydroxyl groups is 1. The first-order chi connectivity index (χ1) is 9.76. The molecule has 1 aliphatic heterocycles. The first-order valence-corrected chi connectivity index (χ1v) is 7.04. The maximum Gasteiger partial charge on any atom is 0.255 e. The number of benzene rings is 1. The lowest BCUT2D eigenvalue weighted by atomic mass is 10.0. The van der Waals surface area contributed by atoms with Gasteiger partial charge < -0.3 is 19.9 Å². The standard InChI is InChI=1S/C15H21NO4/c1-2-11(6-7-17)10-16-15(18)12-4-3-5-13-14(12)20-9-8-19-13/h3-5,11,17H,2,6-10H2,1H3,(H,16,18). The van der Waals surface area contributed by atoms with Crippen molar-refractivity contribution in [3.05, 3.63) is 23.8 Å². The summed E-state index contributed by atoms with van der Waals surface area (Å²) in [7, 11) is 0. The fourth-order valence-electron chi connectivity index (χ4n) is 2.22. The molecule has 0 saturated heterocycles. The van der Waals surface area contributed by atoms with Crippen molar-refractivity contribution in [2.24, 2.45) is 5.92 Å². The number of aliphatic hydroxyl groups excluding tert-OH is 1. The molecule has 5 nitrogen and oxygen atoms in total. The molecule has 1 heterocycles. The van der Waals surface area contributed by atoms with Crippen molar-refractivity contribution in [3.63, 3.8) is 0 Å². The van der Waals surface area contributed by atoms with E-state index in [-0.39, 0.29) is 12.5 Å². The number of carbonyl (C=O) groups excluding carboxylic acids is 1. The van der Waals surface area contributed by atoms with E-state index in [1.54, 1.807) is 18.2 Å². The molecule has 1 amide bonds. The SMILES string of the molecule is CCC(CCO)CNC(=O)c1cccc2c1OCCO2. The lowest BCUT2D eigenvalue weighted by Crippen LogP contribution is -2.30. The lowest BCUT2D eigenvalue weighted by Gasteiger charge is -2.21. The average Bonchev–Trinajstić information content (AvgIpc) is 2.50. The van der Waals surface area contributed by atoms with Gasteiger partial charge in [-0.15, -0.1) is 0 Å². The highest BCUT2D eigenvalue weighted by Crippen LogP contribution is 2.33. The Morgan fingerprint density at radius 1 is 1.40 bits per heavy atom. The zero-order valence-corrected chi connectivity index (χ0v) is 11.7. The molecular weight excluding hydrogens is 258 g/mol. The van der Waals surface area contributed by atoms with Crippen LogP contribution in [0.5, 0.6) is 11.5 Å². The zero-order valence-electron chi connectivity index (χ0n) is 11.7. The van der Waals surface area contributed by atoms with Crippen LogP contribution in [-0.2, 0) is 0 Å². The Labute approximate surface area is 118 Å². The van der Waals surface area contributed by atoms with Gasteiger partial charge in [-0.25, -0.2) is 0 Å². The van der Waals surface area contributed by atoms with Crippen LogP contribution in [0.25, 0.3) is 0 Å². The largest absolute Gasteiger partial charge is 0.486 e. The highest BCUT2D eigenvalue weighted by molar-refractivity contribution is 5.97. The number of ether oxygens (including phenoxy) is 2. The van der Waals surface area contributed by atoms with E-state index in [0.29, 0.717) is 49.2 Å². The van der Waals surface area contributed by atoms with Gasteiger partial charge in [0.1, 0.15) is 13.2 Å². The van der Waals surface area contributed by atoms with E-state index in [2.05, 4.69) is 5.32 Å². The maximum absolute atomic E-state index is 12.2. The van der Waals surface area contributed by atoms with Gasteiger partial charge in [-0.05, 0) is 24.5 Å². The Morgan fingerprint density at radius 3 is 2.95 bits per heavy atom. The molecule has 2 rings (SSSR count). The third-order valence-electron chi connectivity index (χ3n) is 3.48. The van der Waals surface area contributed by atoms with Crippen LogP contribution < -0.4 is 14.8 Å². The number of carbonyl (C=O) groups is 1. The van der Waals surface area contributed by atoms with Crippen LogP contribution in [0, 0.1) is 5.92 Å². The van der Waals surface area contributed by atoms with Crippen molar-refractivity contribution in [1.82, 2.24) is 5.32 Å². The van der Waals surface area contributed by atoms with E-state index in [1.807, 2.05) is 6.92 Å². The van der Waals surface area contributed by atoms with E-state index < -0.39 is 0 Å². The van der Waals surface area contributed by atoms with E-state index in [0.717, 1.165) is 6.42 Å². The number of rotatable bonds is 6. The second kappa shape index (κ2) is 7.14. The zero-order chi connectivity index (χ0) is 14.4. The summed E-state index contributed by atoms with van der Waals surface area (Å²) in [5, 5.41) is 11.9. The van der Waals surface area contributed by atoms with Crippen LogP contribution in [-0.4, -0.2) is 37.4 Å². The summed E-state index contributed by atoms with van der Waals surface area (Å²) in [4.78, 5) is 12.2. The maximum atomic E-state index is 12.2. The van der Waals surface area contributed by atoms with Crippen LogP contribution in [0.15, 0.2) is 18.2 Å². The fraction of sp³-hybridized carbons (Fsp3) is 0.533. The van der Waals surface area contributed by atoms with Crippen molar-refractivity contribution in [1.29, 1.82) is 0 Å². The van der Waals surface area contributed by atoms with Gasteiger partial charge in [0, 0.05) is 13.2 Å². The summed E-state index contributed by atoms with van der Waals surface area (Å²) >= 11 is 0. The molecule has 0 aliphatic carbocycles. The van der Waals surface area contributed by atoms with Crippen molar-refractivity contribution in [2.45, 2.75) is 19.8 Å². The Kier molecular flexibility index (Phi) is 5.24. The highest BCUT2D eigenvalue weighted by atomic mass is 16.6. The summed E-state index contributed by atoms with van der Waals surface area (Å²) in [6.45, 7) is 3.71. The molecule has 0 aromatic heterocycles. The van der Waals surface area contributed by atoms with Crippen LogP contribution in [0.3, 0.4) is 0 Å². The van der Waals surface area contributed by atoms with E-state index in [1.165, 1.54) is 0 Å². The van der Waals surface area contributed by atoms with Gasteiger partial charge in [-0.3, -0.25) is 4.79 Å². The molecule has 0 spiro atoms. The van der Waals surface area contributed by atoms with Crippen molar-refractivity contribution in [2.75, 3.05) is 26.4 Å². The summed E-state index contributed by atoms with van der Waals surface area (Å²) in [6.07, 6.45) is 1.62. The second-order valence-electron chi connectivity index (χ2n) is 4.83. The van der Waals surface area contributed by atoms with Gasteiger partial charge in [-0.1, -0.05) is 19.4 Å². The third kappa shape index (κ3) is 3.42. The summed E-state index contributed by atoms with van der Waals surface area (Å²) in [5.74, 6) is 1.27. The second-order valence-corrected chi connectivity index (χ2v) is 4.83. The third-order valence-corrected chi connectivity index (χ3v) is 3.48. The molecule has 1 aromatic rings. The Hall–Kier alpha value is -1.75.